The van der Waals surface area contributed by atoms with Crippen LogP contribution in [0.25, 0.3) is 0 Å². The molecule has 1 aromatic heterocycles. The number of benzene rings is 1. The topological polar surface area (TPSA) is 97.8 Å². The van der Waals surface area contributed by atoms with Crippen LogP contribution in [-0.2, 0) is 9.53 Å². The Balaban J connectivity index is 2.02. The average Bonchev–Trinajstić information content (AvgIpc) is 2.67. The number of pyridine rings is 1. The summed E-state index contributed by atoms with van der Waals surface area (Å²) in [5.41, 5.74) is 1.38. The Morgan fingerprint density at radius 3 is 2.52 bits per heavy atom. The fourth-order valence-corrected chi connectivity index (χ4v) is 2.88. The molecule has 2 N–H and O–H groups in total. The normalized spacial score (nSPS) is 13.9. The van der Waals surface area contributed by atoms with Gasteiger partial charge in [0.15, 0.2) is 17.2 Å². The summed E-state index contributed by atoms with van der Waals surface area (Å²) < 4.78 is 23.7. The number of amides is 1. The standard InChI is InChI=1S/C21H25FN2O5/c1-11-10-15(22)6-7-16(11)12(2)14(4)29-21(27)13(3)24-20(26)18-19(25)17(28-5)8-9-23-18/h6-10,12-14,25H,1-5H3,(H,24,26)/t12-,13+,14-/m1/s1. The van der Waals surface area contributed by atoms with Gasteiger partial charge in [-0.2, -0.15) is 0 Å². The summed E-state index contributed by atoms with van der Waals surface area (Å²) in [5.74, 6) is -2.19. The molecule has 29 heavy (non-hydrogen) atoms. The SMILES string of the molecule is COc1ccnc(C(=O)N[C@@H](C)C(=O)O[C@H](C)[C@@H](C)c2ccc(F)cc2C)c1O. The maximum absolute atomic E-state index is 13.3. The number of nitrogens with one attached hydrogen (secondary N) is 1. The van der Waals surface area contributed by atoms with Crippen LogP contribution in [0.2, 0.25) is 0 Å². The highest BCUT2D eigenvalue weighted by Crippen LogP contribution is 2.28. The third-order valence-corrected chi connectivity index (χ3v) is 4.75. The van der Waals surface area contributed by atoms with Gasteiger partial charge in [0.2, 0.25) is 0 Å². The quantitative estimate of drug-likeness (QED) is 0.688. The minimum Gasteiger partial charge on any atom is -0.503 e. The Bertz CT molecular complexity index is 903. The van der Waals surface area contributed by atoms with E-state index in [9.17, 15) is 19.1 Å². The molecule has 0 radical (unpaired) electrons. The highest BCUT2D eigenvalue weighted by atomic mass is 19.1. The number of hydrogen-bond acceptors (Lipinski definition) is 6. The molecule has 0 fully saturated rings. The van der Waals surface area contributed by atoms with E-state index in [1.807, 2.05) is 6.92 Å². The van der Waals surface area contributed by atoms with Crippen LogP contribution in [0.4, 0.5) is 4.39 Å². The van der Waals surface area contributed by atoms with E-state index in [4.69, 9.17) is 9.47 Å². The molecule has 0 aliphatic heterocycles. The molecule has 156 valence electrons. The van der Waals surface area contributed by atoms with E-state index in [1.165, 1.54) is 38.4 Å². The molecule has 0 saturated carbocycles. The number of esters is 1. The van der Waals surface area contributed by atoms with Gasteiger partial charge < -0.3 is 19.9 Å². The lowest BCUT2D eigenvalue weighted by atomic mass is 9.92. The first kappa shape index (κ1) is 22.1. The highest BCUT2D eigenvalue weighted by molar-refractivity contribution is 5.97. The zero-order valence-corrected chi connectivity index (χ0v) is 17.0. The minimum absolute atomic E-state index is 0.0949. The van der Waals surface area contributed by atoms with E-state index in [2.05, 4.69) is 10.3 Å². The molecule has 0 saturated heterocycles. The summed E-state index contributed by atoms with van der Waals surface area (Å²) in [5, 5.41) is 12.5. The number of halogens is 1. The Hall–Kier alpha value is -3.16. The van der Waals surface area contributed by atoms with Gasteiger partial charge in [-0.15, -0.1) is 0 Å². The second kappa shape index (κ2) is 9.36. The summed E-state index contributed by atoms with van der Waals surface area (Å²) in [6.45, 7) is 6.87. The molecule has 0 bridgehead atoms. The van der Waals surface area contributed by atoms with Crippen LogP contribution < -0.4 is 10.1 Å². The minimum atomic E-state index is -0.973. The van der Waals surface area contributed by atoms with Gasteiger partial charge in [-0.1, -0.05) is 13.0 Å². The number of rotatable bonds is 7. The maximum Gasteiger partial charge on any atom is 0.328 e. The number of aromatic hydroxyl groups is 1. The van der Waals surface area contributed by atoms with E-state index in [0.717, 1.165) is 11.1 Å². The maximum atomic E-state index is 13.3. The van der Waals surface area contributed by atoms with Gasteiger partial charge in [-0.25, -0.2) is 14.2 Å². The summed E-state index contributed by atoms with van der Waals surface area (Å²) >= 11 is 0. The molecular formula is C21H25FN2O5. The number of carbonyl (C=O) groups excluding carboxylic acids is 2. The smallest absolute Gasteiger partial charge is 0.328 e. The Morgan fingerprint density at radius 2 is 1.90 bits per heavy atom. The fraction of sp³-hybridized carbons (Fsp3) is 0.381. The molecule has 0 aliphatic rings. The second-order valence-corrected chi connectivity index (χ2v) is 6.84. The van der Waals surface area contributed by atoms with Crippen molar-refractivity contribution >= 4 is 11.9 Å². The Kier molecular flexibility index (Phi) is 7.14. The van der Waals surface area contributed by atoms with E-state index in [-0.39, 0.29) is 23.2 Å². The molecule has 0 aliphatic carbocycles. The van der Waals surface area contributed by atoms with Crippen LogP contribution in [0.15, 0.2) is 30.5 Å². The first-order valence-corrected chi connectivity index (χ1v) is 9.15. The lowest BCUT2D eigenvalue weighted by Crippen LogP contribution is -2.41. The van der Waals surface area contributed by atoms with Crippen LogP contribution >= 0.6 is 0 Å². The Morgan fingerprint density at radius 1 is 1.21 bits per heavy atom. The summed E-state index contributed by atoms with van der Waals surface area (Å²) in [4.78, 5) is 28.6. The van der Waals surface area contributed by atoms with Crippen molar-refractivity contribution in [2.75, 3.05) is 7.11 Å². The van der Waals surface area contributed by atoms with Crippen molar-refractivity contribution in [1.29, 1.82) is 0 Å². The van der Waals surface area contributed by atoms with Crippen molar-refractivity contribution in [3.8, 4) is 11.5 Å². The first-order chi connectivity index (χ1) is 13.6. The van der Waals surface area contributed by atoms with Crippen molar-refractivity contribution in [2.24, 2.45) is 0 Å². The number of aromatic nitrogens is 1. The van der Waals surface area contributed by atoms with Crippen LogP contribution in [0, 0.1) is 12.7 Å². The van der Waals surface area contributed by atoms with Crippen molar-refractivity contribution in [2.45, 2.75) is 45.8 Å². The third kappa shape index (κ3) is 5.22. The van der Waals surface area contributed by atoms with Crippen molar-refractivity contribution in [3.05, 3.63) is 53.1 Å². The molecule has 2 aromatic rings. The molecule has 7 nitrogen and oxygen atoms in total. The number of nitrogens with zero attached hydrogens (tertiary/aromatic N) is 1. The van der Waals surface area contributed by atoms with Crippen molar-refractivity contribution < 1.29 is 28.6 Å². The number of aryl methyl sites for hydroxylation is 1. The summed E-state index contributed by atoms with van der Waals surface area (Å²) in [7, 11) is 1.35. The van der Waals surface area contributed by atoms with E-state index in [0.29, 0.717) is 0 Å². The molecule has 1 amide bonds. The number of ether oxygens (including phenoxy) is 2. The van der Waals surface area contributed by atoms with Crippen LogP contribution in [-0.4, -0.2) is 41.2 Å². The van der Waals surface area contributed by atoms with Gasteiger partial charge in [0, 0.05) is 18.2 Å². The van der Waals surface area contributed by atoms with Crippen molar-refractivity contribution in [3.63, 3.8) is 0 Å². The zero-order valence-electron chi connectivity index (χ0n) is 17.0. The largest absolute Gasteiger partial charge is 0.503 e. The molecule has 1 heterocycles. The third-order valence-electron chi connectivity index (χ3n) is 4.75. The molecule has 3 atom stereocenters. The van der Waals surface area contributed by atoms with Crippen LogP contribution in [0.5, 0.6) is 11.5 Å². The highest BCUT2D eigenvalue weighted by Gasteiger charge is 2.26. The lowest BCUT2D eigenvalue weighted by Gasteiger charge is -2.24. The molecule has 0 spiro atoms. The number of methoxy groups -OCH3 is 1. The summed E-state index contributed by atoms with van der Waals surface area (Å²) in [6, 6.07) is 4.89. The molecule has 8 heteroatoms. The monoisotopic (exact) mass is 404 g/mol. The molecule has 0 unspecified atom stereocenters. The molecular weight excluding hydrogens is 379 g/mol. The average molecular weight is 404 g/mol. The van der Waals surface area contributed by atoms with Gasteiger partial charge >= 0.3 is 5.97 Å². The predicted molar refractivity (Wildman–Crippen MR) is 104 cm³/mol. The lowest BCUT2D eigenvalue weighted by molar-refractivity contribution is -0.151. The van der Waals surface area contributed by atoms with E-state index < -0.39 is 29.8 Å². The van der Waals surface area contributed by atoms with E-state index in [1.54, 1.807) is 19.9 Å². The second-order valence-electron chi connectivity index (χ2n) is 6.84. The van der Waals surface area contributed by atoms with Crippen molar-refractivity contribution in [1.82, 2.24) is 10.3 Å². The number of carbonyl (C=O) groups is 2. The van der Waals surface area contributed by atoms with Gasteiger partial charge in [-0.3, -0.25) is 4.79 Å². The summed E-state index contributed by atoms with van der Waals surface area (Å²) in [6.07, 6.45) is 0.806. The Labute approximate surface area is 168 Å². The molecule has 2 rings (SSSR count). The zero-order chi connectivity index (χ0) is 21.7. The van der Waals surface area contributed by atoms with Crippen LogP contribution in [0.1, 0.15) is 48.3 Å². The van der Waals surface area contributed by atoms with Gasteiger partial charge in [0.05, 0.1) is 7.11 Å². The van der Waals surface area contributed by atoms with Gasteiger partial charge in [0.25, 0.3) is 5.91 Å². The van der Waals surface area contributed by atoms with E-state index >= 15 is 0 Å². The van der Waals surface area contributed by atoms with Gasteiger partial charge in [-0.05, 0) is 44.0 Å². The number of hydrogen-bond donors (Lipinski definition) is 2. The first-order valence-electron chi connectivity index (χ1n) is 9.15. The molecule has 1 aromatic carbocycles. The predicted octanol–water partition coefficient (Wildman–Crippen LogP) is 3.10. The fourth-order valence-electron chi connectivity index (χ4n) is 2.88. The van der Waals surface area contributed by atoms with Gasteiger partial charge in [0.1, 0.15) is 18.0 Å². The van der Waals surface area contributed by atoms with Crippen LogP contribution in [0.3, 0.4) is 0 Å².